The van der Waals surface area contributed by atoms with Gasteiger partial charge in [-0.05, 0) is 18.6 Å². The van der Waals surface area contributed by atoms with Gasteiger partial charge in [-0.15, -0.1) is 0 Å². The van der Waals surface area contributed by atoms with Gasteiger partial charge >= 0.3 is 0 Å². The lowest BCUT2D eigenvalue weighted by Crippen LogP contribution is -2.24. The number of methoxy groups -OCH3 is 1. The third-order valence-electron chi connectivity index (χ3n) is 2.81. The Morgan fingerprint density at radius 1 is 1.50 bits per heavy atom. The molecule has 16 heavy (non-hydrogen) atoms. The molecule has 0 radical (unpaired) electrons. The smallest absolute Gasteiger partial charge is 0.228 e. The van der Waals surface area contributed by atoms with Crippen molar-refractivity contribution in [2.75, 3.05) is 18.6 Å². The molecule has 1 heterocycles. The zero-order valence-corrected chi connectivity index (χ0v) is 10.3. The van der Waals surface area contributed by atoms with Gasteiger partial charge in [0.05, 0.1) is 7.11 Å². The van der Waals surface area contributed by atoms with Gasteiger partial charge in [0.25, 0.3) is 0 Å². The number of anilines is 1. The average Bonchev–Trinajstić information content (AvgIpc) is 2.59. The first-order valence-electron chi connectivity index (χ1n) is 5.25. The second-order valence-electron chi connectivity index (χ2n) is 4.02. The number of aryl methyl sites for hydroxylation is 1. The van der Waals surface area contributed by atoms with Crippen LogP contribution in [0.4, 0.5) is 5.69 Å². The van der Waals surface area contributed by atoms with Crippen LogP contribution >= 0.6 is 12.6 Å². The van der Waals surface area contributed by atoms with E-state index in [-0.39, 0.29) is 11.2 Å². The van der Waals surface area contributed by atoms with Crippen molar-refractivity contribution in [3.8, 4) is 5.75 Å². The molecule has 86 valence electrons. The maximum absolute atomic E-state index is 11.7. The van der Waals surface area contributed by atoms with Crippen molar-refractivity contribution in [2.45, 2.75) is 18.6 Å². The van der Waals surface area contributed by atoms with Crippen molar-refractivity contribution in [1.29, 1.82) is 0 Å². The molecule has 0 saturated carbocycles. The Bertz CT molecular complexity index is 419. The first-order chi connectivity index (χ1) is 7.61. The summed E-state index contributed by atoms with van der Waals surface area (Å²) in [6.45, 7) is 2.66. The fourth-order valence-corrected chi connectivity index (χ4v) is 2.23. The highest BCUT2D eigenvalue weighted by atomic mass is 32.1. The summed E-state index contributed by atoms with van der Waals surface area (Å²) in [5, 5.41) is 0.139. The van der Waals surface area contributed by atoms with Gasteiger partial charge in [0, 0.05) is 30.0 Å². The molecule has 0 N–H and O–H groups in total. The lowest BCUT2D eigenvalue weighted by atomic mass is 10.2. The van der Waals surface area contributed by atoms with Gasteiger partial charge < -0.3 is 9.64 Å². The molecule has 0 spiro atoms. The molecule has 1 aromatic rings. The molecule has 4 heteroatoms. The second kappa shape index (κ2) is 4.37. The first-order valence-corrected chi connectivity index (χ1v) is 5.76. The number of nitrogens with zero attached hydrogens (tertiary/aromatic N) is 1. The van der Waals surface area contributed by atoms with Crippen molar-refractivity contribution in [2.24, 2.45) is 0 Å². The molecule has 1 aromatic carbocycles. The van der Waals surface area contributed by atoms with Crippen LogP contribution in [0.3, 0.4) is 0 Å². The van der Waals surface area contributed by atoms with Crippen LogP contribution in [-0.4, -0.2) is 24.8 Å². The number of benzene rings is 1. The van der Waals surface area contributed by atoms with Crippen molar-refractivity contribution >= 4 is 24.2 Å². The molecule has 1 unspecified atom stereocenters. The fourth-order valence-electron chi connectivity index (χ4n) is 1.91. The van der Waals surface area contributed by atoms with E-state index < -0.39 is 0 Å². The molecule has 1 aliphatic heterocycles. The monoisotopic (exact) mass is 237 g/mol. The minimum atomic E-state index is 0.130. The number of carbonyl (C=O) groups is 1. The zero-order chi connectivity index (χ0) is 11.7. The Kier molecular flexibility index (Phi) is 3.10. The molecular formula is C12H15NO2S. The van der Waals surface area contributed by atoms with Crippen molar-refractivity contribution < 1.29 is 9.53 Å². The van der Waals surface area contributed by atoms with Gasteiger partial charge in [0.1, 0.15) is 5.75 Å². The van der Waals surface area contributed by atoms with Gasteiger partial charge in [-0.3, -0.25) is 4.79 Å². The number of ether oxygens (including phenoxy) is 1. The van der Waals surface area contributed by atoms with Gasteiger partial charge in [0.2, 0.25) is 5.91 Å². The van der Waals surface area contributed by atoms with Crippen LogP contribution < -0.4 is 9.64 Å². The Hall–Kier alpha value is -1.16. The summed E-state index contributed by atoms with van der Waals surface area (Å²) in [6.07, 6.45) is 0.513. The van der Waals surface area contributed by atoms with E-state index in [2.05, 4.69) is 12.6 Å². The van der Waals surface area contributed by atoms with Gasteiger partial charge in [-0.25, -0.2) is 0 Å². The molecule has 0 aliphatic carbocycles. The van der Waals surface area contributed by atoms with Crippen molar-refractivity contribution in [3.63, 3.8) is 0 Å². The van der Waals surface area contributed by atoms with Crippen LogP contribution in [0.2, 0.25) is 0 Å². The van der Waals surface area contributed by atoms with E-state index in [9.17, 15) is 4.79 Å². The molecule has 1 fully saturated rings. The number of hydrogen-bond acceptors (Lipinski definition) is 3. The molecule has 3 nitrogen and oxygen atoms in total. The lowest BCUT2D eigenvalue weighted by molar-refractivity contribution is -0.117. The lowest BCUT2D eigenvalue weighted by Gasteiger charge is -2.17. The van der Waals surface area contributed by atoms with Gasteiger partial charge in [-0.2, -0.15) is 12.6 Å². The molecule has 1 amide bonds. The van der Waals surface area contributed by atoms with Crippen LogP contribution in [0.5, 0.6) is 5.75 Å². The Morgan fingerprint density at radius 3 is 2.81 bits per heavy atom. The van der Waals surface area contributed by atoms with Gasteiger partial charge in [-0.1, -0.05) is 6.07 Å². The summed E-state index contributed by atoms with van der Waals surface area (Å²) in [4.78, 5) is 13.5. The Morgan fingerprint density at radius 2 is 2.25 bits per heavy atom. The summed E-state index contributed by atoms with van der Waals surface area (Å²) in [6, 6.07) is 5.81. The molecule has 0 aromatic heterocycles. The summed E-state index contributed by atoms with van der Waals surface area (Å²) in [5.74, 6) is 0.943. The predicted molar refractivity (Wildman–Crippen MR) is 67.5 cm³/mol. The van der Waals surface area contributed by atoms with Crippen LogP contribution in [0.15, 0.2) is 18.2 Å². The normalized spacial score (nSPS) is 20.3. The average molecular weight is 237 g/mol. The van der Waals surface area contributed by atoms with Crippen molar-refractivity contribution in [3.05, 3.63) is 23.8 Å². The standard InChI is InChI=1S/C12H15NO2S/c1-8-3-4-9(5-11(8)15-2)13-7-10(16)6-12(13)14/h3-5,10,16H,6-7H2,1-2H3. The highest BCUT2D eigenvalue weighted by Gasteiger charge is 2.28. The molecule has 1 saturated heterocycles. The fraction of sp³-hybridized carbons (Fsp3) is 0.417. The van der Waals surface area contributed by atoms with Crippen LogP contribution in [0, 0.1) is 6.92 Å². The predicted octanol–water partition coefficient (Wildman–Crippen LogP) is 2.04. The maximum Gasteiger partial charge on any atom is 0.228 e. The third-order valence-corrected chi connectivity index (χ3v) is 3.15. The highest BCUT2D eigenvalue weighted by molar-refractivity contribution is 7.81. The van der Waals surface area contributed by atoms with Crippen LogP contribution in [0.1, 0.15) is 12.0 Å². The van der Waals surface area contributed by atoms with Gasteiger partial charge in [0.15, 0.2) is 0 Å². The SMILES string of the molecule is COc1cc(N2CC(S)CC2=O)ccc1C. The number of rotatable bonds is 2. The van der Waals surface area contributed by atoms with Crippen molar-refractivity contribution in [1.82, 2.24) is 0 Å². The largest absolute Gasteiger partial charge is 0.496 e. The summed E-state index contributed by atoms with van der Waals surface area (Å²) in [7, 11) is 1.64. The van der Waals surface area contributed by atoms with E-state index in [1.165, 1.54) is 0 Å². The Labute approximate surface area is 101 Å². The first kappa shape index (κ1) is 11.3. The summed E-state index contributed by atoms with van der Waals surface area (Å²) < 4.78 is 5.25. The quantitative estimate of drug-likeness (QED) is 0.798. The highest BCUT2D eigenvalue weighted by Crippen LogP contribution is 2.29. The molecule has 1 aliphatic rings. The number of thiol groups is 1. The number of carbonyl (C=O) groups excluding carboxylic acids is 1. The summed E-state index contributed by atoms with van der Waals surface area (Å²) in [5.41, 5.74) is 1.96. The van der Waals surface area contributed by atoms with Crippen LogP contribution in [-0.2, 0) is 4.79 Å². The van der Waals surface area contributed by atoms with E-state index in [0.29, 0.717) is 13.0 Å². The molecular weight excluding hydrogens is 222 g/mol. The van der Waals surface area contributed by atoms with E-state index >= 15 is 0 Å². The van der Waals surface area contributed by atoms with E-state index in [1.54, 1.807) is 12.0 Å². The van der Waals surface area contributed by atoms with E-state index in [4.69, 9.17) is 4.74 Å². The minimum absolute atomic E-state index is 0.130. The minimum Gasteiger partial charge on any atom is -0.496 e. The topological polar surface area (TPSA) is 29.5 Å². The molecule has 2 rings (SSSR count). The van der Waals surface area contributed by atoms with E-state index in [0.717, 1.165) is 17.0 Å². The number of amides is 1. The third kappa shape index (κ3) is 2.02. The summed E-state index contributed by atoms with van der Waals surface area (Å²) >= 11 is 4.34. The zero-order valence-electron chi connectivity index (χ0n) is 9.43. The second-order valence-corrected chi connectivity index (χ2v) is 4.75. The molecule has 0 bridgehead atoms. The van der Waals surface area contributed by atoms with Crippen LogP contribution in [0.25, 0.3) is 0 Å². The number of hydrogen-bond donors (Lipinski definition) is 1. The van der Waals surface area contributed by atoms with E-state index in [1.807, 2.05) is 25.1 Å². The Balaban J connectivity index is 2.30. The maximum atomic E-state index is 11.7. The molecule has 1 atom stereocenters.